The van der Waals surface area contributed by atoms with E-state index in [0.717, 1.165) is 43.9 Å². The van der Waals surface area contributed by atoms with E-state index in [9.17, 15) is 0 Å². The van der Waals surface area contributed by atoms with Gasteiger partial charge < -0.3 is 25.3 Å². The average Bonchev–Trinajstić information content (AvgIpc) is 2.52. The van der Waals surface area contributed by atoms with Gasteiger partial charge in [-0.3, -0.25) is 0 Å². The second-order valence-electron chi connectivity index (χ2n) is 4.98. The Labute approximate surface area is 127 Å². The van der Waals surface area contributed by atoms with Gasteiger partial charge in [0.15, 0.2) is 11.5 Å². The SMILES string of the molecule is COCC(CCCN)NCCc1ccc(OC)c(OC)c1. The van der Waals surface area contributed by atoms with Crippen molar-refractivity contribution in [3.8, 4) is 11.5 Å². The van der Waals surface area contributed by atoms with Gasteiger partial charge in [-0.05, 0) is 50.0 Å². The van der Waals surface area contributed by atoms with Crippen LogP contribution in [-0.2, 0) is 11.2 Å². The number of ether oxygens (including phenoxy) is 3. The summed E-state index contributed by atoms with van der Waals surface area (Å²) < 4.78 is 15.8. The van der Waals surface area contributed by atoms with Crippen molar-refractivity contribution in [3.05, 3.63) is 23.8 Å². The molecule has 0 spiro atoms. The van der Waals surface area contributed by atoms with Crippen LogP contribution >= 0.6 is 0 Å². The van der Waals surface area contributed by atoms with Crippen LogP contribution in [0.25, 0.3) is 0 Å². The molecule has 0 aliphatic rings. The number of hydrogen-bond donors (Lipinski definition) is 2. The number of methoxy groups -OCH3 is 3. The zero-order valence-corrected chi connectivity index (χ0v) is 13.4. The third kappa shape index (κ3) is 6.33. The maximum atomic E-state index is 5.56. The number of benzene rings is 1. The Morgan fingerprint density at radius 2 is 1.90 bits per heavy atom. The molecule has 0 heterocycles. The lowest BCUT2D eigenvalue weighted by atomic mass is 10.1. The highest BCUT2D eigenvalue weighted by Gasteiger charge is 2.08. The van der Waals surface area contributed by atoms with Crippen molar-refractivity contribution in [2.24, 2.45) is 5.73 Å². The van der Waals surface area contributed by atoms with Gasteiger partial charge in [0.2, 0.25) is 0 Å². The maximum Gasteiger partial charge on any atom is 0.160 e. The molecule has 1 aromatic carbocycles. The van der Waals surface area contributed by atoms with Crippen LogP contribution in [0.4, 0.5) is 0 Å². The zero-order chi connectivity index (χ0) is 15.5. The number of nitrogens with two attached hydrogens (primary N) is 1. The smallest absolute Gasteiger partial charge is 0.160 e. The van der Waals surface area contributed by atoms with E-state index in [0.29, 0.717) is 12.6 Å². The lowest BCUT2D eigenvalue weighted by molar-refractivity contribution is 0.162. The molecule has 1 unspecified atom stereocenters. The second-order valence-corrected chi connectivity index (χ2v) is 4.98. The highest BCUT2D eigenvalue weighted by molar-refractivity contribution is 5.42. The van der Waals surface area contributed by atoms with E-state index in [1.807, 2.05) is 12.1 Å². The Kier molecular flexibility index (Phi) is 8.82. The minimum absolute atomic E-state index is 0.360. The molecule has 1 aromatic rings. The van der Waals surface area contributed by atoms with Crippen LogP contribution in [0.5, 0.6) is 11.5 Å². The molecule has 0 radical (unpaired) electrons. The van der Waals surface area contributed by atoms with Crippen LogP contribution in [-0.4, -0.2) is 47.1 Å². The molecule has 3 N–H and O–H groups in total. The molecule has 0 aromatic heterocycles. The first kappa shape index (κ1) is 17.8. The minimum atomic E-state index is 0.360. The predicted octanol–water partition coefficient (Wildman–Crippen LogP) is 1.59. The van der Waals surface area contributed by atoms with Gasteiger partial charge in [-0.2, -0.15) is 0 Å². The molecule has 5 heteroatoms. The zero-order valence-electron chi connectivity index (χ0n) is 13.4. The van der Waals surface area contributed by atoms with Crippen LogP contribution in [0, 0.1) is 0 Å². The highest BCUT2D eigenvalue weighted by Crippen LogP contribution is 2.27. The molecule has 21 heavy (non-hydrogen) atoms. The molecule has 0 fully saturated rings. The number of rotatable bonds is 11. The van der Waals surface area contributed by atoms with Gasteiger partial charge in [0.05, 0.1) is 20.8 Å². The summed E-state index contributed by atoms with van der Waals surface area (Å²) in [6.07, 6.45) is 2.98. The standard InChI is InChI=1S/C16H28N2O3/c1-19-12-14(5-4-9-17)18-10-8-13-6-7-15(20-2)16(11-13)21-3/h6-7,11,14,18H,4-5,8-10,12,17H2,1-3H3. The van der Waals surface area contributed by atoms with E-state index < -0.39 is 0 Å². The fraction of sp³-hybridized carbons (Fsp3) is 0.625. The van der Waals surface area contributed by atoms with Gasteiger partial charge in [0.1, 0.15) is 0 Å². The molecule has 0 aliphatic heterocycles. The monoisotopic (exact) mass is 296 g/mol. The molecule has 5 nitrogen and oxygen atoms in total. The maximum absolute atomic E-state index is 5.56. The van der Waals surface area contributed by atoms with E-state index >= 15 is 0 Å². The van der Waals surface area contributed by atoms with Crippen molar-refractivity contribution >= 4 is 0 Å². The average molecular weight is 296 g/mol. The molecule has 120 valence electrons. The summed E-state index contributed by atoms with van der Waals surface area (Å²) in [4.78, 5) is 0. The molecule has 0 saturated carbocycles. The van der Waals surface area contributed by atoms with Crippen LogP contribution in [0.1, 0.15) is 18.4 Å². The van der Waals surface area contributed by atoms with E-state index in [-0.39, 0.29) is 0 Å². The van der Waals surface area contributed by atoms with Crippen molar-refractivity contribution in [2.45, 2.75) is 25.3 Å². The van der Waals surface area contributed by atoms with Gasteiger partial charge in [-0.25, -0.2) is 0 Å². The van der Waals surface area contributed by atoms with E-state index in [1.54, 1.807) is 21.3 Å². The first-order valence-corrected chi connectivity index (χ1v) is 7.38. The summed E-state index contributed by atoms with van der Waals surface area (Å²) >= 11 is 0. The lowest BCUT2D eigenvalue weighted by Gasteiger charge is -2.17. The van der Waals surface area contributed by atoms with Crippen molar-refractivity contribution in [3.63, 3.8) is 0 Å². The van der Waals surface area contributed by atoms with Crippen LogP contribution < -0.4 is 20.5 Å². The highest BCUT2D eigenvalue weighted by atomic mass is 16.5. The van der Waals surface area contributed by atoms with Gasteiger partial charge >= 0.3 is 0 Å². The third-order valence-electron chi connectivity index (χ3n) is 3.42. The molecule has 0 amide bonds. The minimum Gasteiger partial charge on any atom is -0.493 e. The van der Waals surface area contributed by atoms with Crippen molar-refractivity contribution in [1.29, 1.82) is 0 Å². The summed E-state index contributed by atoms with van der Waals surface area (Å²) in [6, 6.07) is 6.38. The number of hydrogen-bond acceptors (Lipinski definition) is 5. The van der Waals surface area contributed by atoms with Crippen LogP contribution in [0.15, 0.2) is 18.2 Å². The van der Waals surface area contributed by atoms with Crippen molar-refractivity contribution in [2.75, 3.05) is 41.0 Å². The Balaban J connectivity index is 2.46. The third-order valence-corrected chi connectivity index (χ3v) is 3.42. The van der Waals surface area contributed by atoms with Crippen LogP contribution in [0.2, 0.25) is 0 Å². The Morgan fingerprint density at radius 1 is 1.14 bits per heavy atom. The van der Waals surface area contributed by atoms with Gasteiger partial charge in [0.25, 0.3) is 0 Å². The Morgan fingerprint density at radius 3 is 2.52 bits per heavy atom. The van der Waals surface area contributed by atoms with Gasteiger partial charge in [0, 0.05) is 13.2 Å². The first-order valence-electron chi connectivity index (χ1n) is 7.38. The quantitative estimate of drug-likeness (QED) is 0.649. The molecule has 1 rings (SSSR count). The fourth-order valence-corrected chi connectivity index (χ4v) is 2.27. The van der Waals surface area contributed by atoms with Crippen molar-refractivity contribution < 1.29 is 14.2 Å². The molecule has 0 saturated heterocycles. The molecular formula is C16H28N2O3. The Hall–Kier alpha value is -1.30. The summed E-state index contributed by atoms with van der Waals surface area (Å²) in [5.74, 6) is 1.53. The topological polar surface area (TPSA) is 65.7 Å². The van der Waals surface area contributed by atoms with Gasteiger partial charge in [-0.1, -0.05) is 6.07 Å². The van der Waals surface area contributed by atoms with Crippen molar-refractivity contribution in [1.82, 2.24) is 5.32 Å². The molecular weight excluding hydrogens is 268 g/mol. The second kappa shape index (κ2) is 10.4. The normalized spacial score (nSPS) is 12.2. The fourth-order valence-electron chi connectivity index (χ4n) is 2.27. The summed E-state index contributed by atoms with van der Waals surface area (Å²) in [5, 5.41) is 3.52. The summed E-state index contributed by atoms with van der Waals surface area (Å²) in [6.45, 7) is 2.33. The largest absolute Gasteiger partial charge is 0.493 e. The summed E-state index contributed by atoms with van der Waals surface area (Å²) in [5.41, 5.74) is 6.78. The number of nitrogens with one attached hydrogen (secondary N) is 1. The van der Waals surface area contributed by atoms with Crippen LogP contribution in [0.3, 0.4) is 0 Å². The predicted molar refractivity (Wildman–Crippen MR) is 85.2 cm³/mol. The van der Waals surface area contributed by atoms with E-state index in [2.05, 4.69) is 11.4 Å². The van der Waals surface area contributed by atoms with E-state index in [1.165, 1.54) is 5.56 Å². The van der Waals surface area contributed by atoms with Gasteiger partial charge in [-0.15, -0.1) is 0 Å². The molecule has 0 aliphatic carbocycles. The molecule has 0 bridgehead atoms. The Bertz CT molecular complexity index is 399. The summed E-state index contributed by atoms with van der Waals surface area (Å²) in [7, 11) is 5.03. The van der Waals surface area contributed by atoms with E-state index in [4.69, 9.17) is 19.9 Å². The lowest BCUT2D eigenvalue weighted by Crippen LogP contribution is -2.35. The molecule has 1 atom stereocenters. The first-order chi connectivity index (χ1) is 10.2.